The number of carbonyl (C=O) groups is 1. The molecule has 0 aliphatic carbocycles. The number of aromatic nitrogens is 4. The molecule has 1 saturated heterocycles. The van der Waals surface area contributed by atoms with Crippen LogP contribution in [0.1, 0.15) is 35.1 Å². The Kier molecular flexibility index (Phi) is 4.24. The predicted molar refractivity (Wildman–Crippen MR) is 90.8 cm³/mol. The van der Waals surface area contributed by atoms with Gasteiger partial charge in [0.25, 0.3) is 5.91 Å². The van der Waals surface area contributed by atoms with Crippen molar-refractivity contribution in [2.24, 2.45) is 7.05 Å². The minimum Gasteiger partial charge on any atom is -0.339 e. The number of carbonyl (C=O) groups excluding carboxylic acids is 1. The Morgan fingerprint density at radius 2 is 1.92 bits per heavy atom. The van der Waals surface area contributed by atoms with Crippen LogP contribution in [0.25, 0.3) is 11.4 Å². The smallest absolute Gasteiger partial charge is 0.272 e. The van der Waals surface area contributed by atoms with E-state index in [1.165, 1.54) is 12.1 Å². The third-order valence-corrected chi connectivity index (χ3v) is 4.72. The molecule has 3 aromatic rings. The van der Waals surface area contributed by atoms with Gasteiger partial charge in [-0.2, -0.15) is 10.1 Å². The molecule has 134 valence electrons. The quantitative estimate of drug-likeness (QED) is 0.722. The van der Waals surface area contributed by atoms with Gasteiger partial charge in [0.1, 0.15) is 11.5 Å². The monoisotopic (exact) mass is 355 g/mol. The van der Waals surface area contributed by atoms with Gasteiger partial charge in [-0.05, 0) is 43.2 Å². The van der Waals surface area contributed by atoms with Crippen LogP contribution in [0, 0.1) is 5.82 Å². The first-order chi connectivity index (χ1) is 12.6. The molecule has 0 bridgehead atoms. The van der Waals surface area contributed by atoms with E-state index in [1.807, 2.05) is 4.90 Å². The summed E-state index contributed by atoms with van der Waals surface area (Å²) < 4.78 is 20.0. The van der Waals surface area contributed by atoms with E-state index in [9.17, 15) is 9.18 Å². The van der Waals surface area contributed by atoms with E-state index in [0.717, 1.165) is 12.8 Å². The second-order valence-electron chi connectivity index (χ2n) is 6.37. The van der Waals surface area contributed by atoms with Crippen molar-refractivity contribution in [3.63, 3.8) is 0 Å². The van der Waals surface area contributed by atoms with Crippen LogP contribution in [0.4, 0.5) is 4.39 Å². The molecule has 8 heteroatoms. The maximum atomic E-state index is 13.0. The fourth-order valence-corrected chi connectivity index (χ4v) is 3.19. The maximum absolute atomic E-state index is 13.0. The normalized spacial score (nSPS) is 15.4. The average molecular weight is 355 g/mol. The number of halogens is 1. The number of piperidine rings is 1. The molecule has 26 heavy (non-hydrogen) atoms. The second-order valence-corrected chi connectivity index (χ2v) is 6.37. The topological polar surface area (TPSA) is 77.1 Å². The summed E-state index contributed by atoms with van der Waals surface area (Å²) in [5.41, 5.74) is 1.30. The van der Waals surface area contributed by atoms with Gasteiger partial charge in [-0.3, -0.25) is 9.48 Å². The van der Waals surface area contributed by atoms with Crippen LogP contribution in [0.3, 0.4) is 0 Å². The van der Waals surface area contributed by atoms with Gasteiger partial charge in [-0.25, -0.2) is 4.39 Å². The molecule has 0 spiro atoms. The van der Waals surface area contributed by atoms with Crippen LogP contribution in [0.5, 0.6) is 0 Å². The van der Waals surface area contributed by atoms with Gasteiger partial charge in [0.05, 0.1) is 0 Å². The van der Waals surface area contributed by atoms with Crippen LogP contribution in [-0.4, -0.2) is 43.8 Å². The number of nitrogens with zero attached hydrogens (tertiary/aromatic N) is 5. The van der Waals surface area contributed by atoms with Crippen LogP contribution in [0.15, 0.2) is 41.1 Å². The van der Waals surface area contributed by atoms with E-state index in [1.54, 1.807) is 36.1 Å². The maximum Gasteiger partial charge on any atom is 0.272 e. The molecular formula is C18H18FN5O2. The molecule has 1 aromatic carbocycles. The molecule has 4 rings (SSSR count). The van der Waals surface area contributed by atoms with E-state index in [0.29, 0.717) is 36.1 Å². The number of likely N-dealkylation sites (tertiary alicyclic amines) is 1. The highest BCUT2D eigenvalue weighted by Gasteiger charge is 2.29. The largest absolute Gasteiger partial charge is 0.339 e. The molecule has 0 radical (unpaired) electrons. The van der Waals surface area contributed by atoms with Gasteiger partial charge in [0, 0.05) is 37.8 Å². The zero-order chi connectivity index (χ0) is 18.1. The fraction of sp³-hybridized carbons (Fsp3) is 0.333. The van der Waals surface area contributed by atoms with E-state index in [4.69, 9.17) is 4.52 Å². The Hall–Kier alpha value is -3.03. The molecule has 0 unspecified atom stereocenters. The van der Waals surface area contributed by atoms with Crippen LogP contribution >= 0.6 is 0 Å². The SMILES string of the molecule is Cn1nccc1C(=O)N1CCC(c2nc(-c3ccc(F)cc3)no2)CC1. The van der Waals surface area contributed by atoms with Crippen molar-refractivity contribution in [1.29, 1.82) is 0 Å². The first-order valence-corrected chi connectivity index (χ1v) is 8.48. The first-order valence-electron chi connectivity index (χ1n) is 8.48. The standard InChI is InChI=1S/C18H18FN5O2/c1-23-15(6-9-20-23)18(25)24-10-7-13(8-11-24)17-21-16(22-26-17)12-2-4-14(19)5-3-12/h2-6,9,13H,7-8,10-11H2,1H3. The Morgan fingerprint density at radius 3 is 2.58 bits per heavy atom. The summed E-state index contributed by atoms with van der Waals surface area (Å²) in [5.74, 6) is 0.821. The number of hydrogen-bond donors (Lipinski definition) is 0. The number of hydrogen-bond acceptors (Lipinski definition) is 5. The van der Waals surface area contributed by atoms with E-state index in [-0.39, 0.29) is 17.6 Å². The van der Waals surface area contributed by atoms with Crippen molar-refractivity contribution >= 4 is 5.91 Å². The number of rotatable bonds is 3. The molecule has 1 fully saturated rings. The highest BCUT2D eigenvalue weighted by atomic mass is 19.1. The highest BCUT2D eigenvalue weighted by Crippen LogP contribution is 2.29. The van der Waals surface area contributed by atoms with Crippen molar-refractivity contribution in [2.45, 2.75) is 18.8 Å². The van der Waals surface area contributed by atoms with E-state index >= 15 is 0 Å². The summed E-state index contributed by atoms with van der Waals surface area (Å²) in [6.45, 7) is 1.26. The molecule has 0 N–H and O–H groups in total. The summed E-state index contributed by atoms with van der Waals surface area (Å²) >= 11 is 0. The predicted octanol–water partition coefficient (Wildman–Crippen LogP) is 2.63. The van der Waals surface area contributed by atoms with E-state index < -0.39 is 0 Å². The lowest BCUT2D eigenvalue weighted by molar-refractivity contribution is 0.0693. The Morgan fingerprint density at radius 1 is 1.19 bits per heavy atom. The molecule has 0 saturated carbocycles. The molecule has 2 aromatic heterocycles. The van der Waals surface area contributed by atoms with Gasteiger partial charge in [-0.15, -0.1) is 0 Å². The van der Waals surface area contributed by atoms with Gasteiger partial charge < -0.3 is 9.42 Å². The van der Waals surface area contributed by atoms with Gasteiger partial charge in [0.15, 0.2) is 0 Å². The summed E-state index contributed by atoms with van der Waals surface area (Å²) in [6, 6.07) is 7.71. The lowest BCUT2D eigenvalue weighted by Crippen LogP contribution is -2.38. The average Bonchev–Trinajstić information content (AvgIpc) is 3.31. The molecular weight excluding hydrogens is 337 g/mol. The second kappa shape index (κ2) is 6.70. The van der Waals surface area contributed by atoms with Gasteiger partial charge in [0.2, 0.25) is 11.7 Å². The number of amides is 1. The third kappa shape index (κ3) is 3.10. The Balaban J connectivity index is 1.41. The summed E-state index contributed by atoms with van der Waals surface area (Å²) in [5, 5.41) is 8.04. The van der Waals surface area contributed by atoms with Crippen molar-refractivity contribution < 1.29 is 13.7 Å². The van der Waals surface area contributed by atoms with Crippen molar-refractivity contribution in [1.82, 2.24) is 24.8 Å². The molecule has 7 nitrogen and oxygen atoms in total. The minimum atomic E-state index is -0.303. The number of benzene rings is 1. The Bertz CT molecular complexity index is 910. The van der Waals surface area contributed by atoms with Crippen molar-refractivity contribution in [3.05, 3.63) is 53.9 Å². The lowest BCUT2D eigenvalue weighted by Gasteiger charge is -2.30. The van der Waals surface area contributed by atoms with Crippen LogP contribution < -0.4 is 0 Å². The zero-order valence-electron chi connectivity index (χ0n) is 14.3. The molecule has 0 atom stereocenters. The summed E-state index contributed by atoms with van der Waals surface area (Å²) in [6.07, 6.45) is 3.14. The zero-order valence-corrected chi connectivity index (χ0v) is 14.3. The fourth-order valence-electron chi connectivity index (χ4n) is 3.19. The molecule has 1 aliphatic rings. The molecule has 1 amide bonds. The van der Waals surface area contributed by atoms with Crippen LogP contribution in [-0.2, 0) is 7.05 Å². The molecule has 1 aliphatic heterocycles. The van der Waals surface area contributed by atoms with Crippen molar-refractivity contribution in [2.75, 3.05) is 13.1 Å². The van der Waals surface area contributed by atoms with Gasteiger partial charge in [-0.1, -0.05) is 5.16 Å². The number of aryl methyl sites for hydroxylation is 1. The highest BCUT2D eigenvalue weighted by molar-refractivity contribution is 5.92. The summed E-state index contributed by atoms with van der Waals surface area (Å²) in [7, 11) is 1.76. The van der Waals surface area contributed by atoms with E-state index in [2.05, 4.69) is 15.2 Å². The summed E-state index contributed by atoms with van der Waals surface area (Å²) in [4.78, 5) is 18.8. The van der Waals surface area contributed by atoms with Gasteiger partial charge >= 0.3 is 0 Å². The lowest BCUT2D eigenvalue weighted by atomic mass is 9.96. The third-order valence-electron chi connectivity index (χ3n) is 4.72. The minimum absolute atomic E-state index is 0.0130. The Labute approximate surface area is 149 Å². The van der Waals surface area contributed by atoms with Crippen LogP contribution in [0.2, 0.25) is 0 Å². The first kappa shape index (κ1) is 16.4. The van der Waals surface area contributed by atoms with Crippen molar-refractivity contribution in [3.8, 4) is 11.4 Å². The molecule has 3 heterocycles.